The summed E-state index contributed by atoms with van der Waals surface area (Å²) in [6, 6.07) is 4.09. The highest BCUT2D eigenvalue weighted by atomic mass is 16.5. The van der Waals surface area contributed by atoms with Gasteiger partial charge in [0.05, 0.1) is 22.9 Å². The molecule has 4 aromatic heterocycles. The lowest BCUT2D eigenvalue weighted by atomic mass is 9.77. The highest BCUT2D eigenvalue weighted by Crippen LogP contribution is 2.50. The van der Waals surface area contributed by atoms with E-state index < -0.39 is 0 Å². The molecule has 5 rings (SSSR count). The monoisotopic (exact) mass is 402 g/mol. The largest absolute Gasteiger partial charge is 0.357 e. The van der Waals surface area contributed by atoms with Crippen molar-refractivity contribution in [2.45, 2.75) is 25.2 Å². The second-order valence-electron chi connectivity index (χ2n) is 7.78. The first kappa shape index (κ1) is 18.4. The average Bonchev–Trinajstić information content (AvgIpc) is 3.37. The zero-order valence-corrected chi connectivity index (χ0v) is 17.1. The molecule has 152 valence electrons. The third kappa shape index (κ3) is 3.12. The van der Waals surface area contributed by atoms with E-state index in [0.717, 1.165) is 35.2 Å². The van der Waals surface area contributed by atoms with Gasteiger partial charge >= 0.3 is 0 Å². The number of nitrogens with zero attached hydrogens (tertiary/aromatic N) is 7. The molecule has 1 aliphatic rings. The minimum Gasteiger partial charge on any atom is -0.357 e. The van der Waals surface area contributed by atoms with E-state index in [1.807, 2.05) is 25.5 Å². The zero-order valence-electron chi connectivity index (χ0n) is 17.1. The predicted molar refractivity (Wildman–Crippen MR) is 110 cm³/mol. The maximum absolute atomic E-state index is 5.57. The molecule has 0 unspecified atom stereocenters. The van der Waals surface area contributed by atoms with Crippen molar-refractivity contribution in [3.63, 3.8) is 0 Å². The van der Waals surface area contributed by atoms with Gasteiger partial charge in [0.15, 0.2) is 5.82 Å². The van der Waals surface area contributed by atoms with Crippen LogP contribution < -0.4 is 5.32 Å². The smallest absolute Gasteiger partial charge is 0.261 e. The Balaban J connectivity index is 1.47. The Morgan fingerprint density at radius 2 is 1.87 bits per heavy atom. The standard InChI is InChI=1S/C21H22N8O/c1-21(15-4-5-15,19-27-18(30-28-19)14-10-26-29(3)12-14)16-6-7-17(23-11-16)13-8-24-20(22-2)25-9-13/h6-12,15H,4-5H2,1-3H3,(H,22,24,25)/t21-/m0/s1. The molecule has 0 radical (unpaired) electrons. The third-order valence-corrected chi connectivity index (χ3v) is 5.77. The summed E-state index contributed by atoms with van der Waals surface area (Å²) >= 11 is 0. The molecule has 9 heteroatoms. The van der Waals surface area contributed by atoms with Crippen LogP contribution in [0.15, 0.2) is 47.6 Å². The Kier molecular flexibility index (Phi) is 4.30. The summed E-state index contributed by atoms with van der Waals surface area (Å²) in [7, 11) is 3.65. The topological polar surface area (TPSA) is 107 Å². The molecule has 1 atom stereocenters. The molecule has 0 spiro atoms. The number of hydrogen-bond donors (Lipinski definition) is 1. The summed E-state index contributed by atoms with van der Waals surface area (Å²) in [5.41, 5.74) is 3.21. The molecule has 1 aliphatic carbocycles. The first-order valence-electron chi connectivity index (χ1n) is 9.88. The minimum atomic E-state index is -0.359. The highest BCUT2D eigenvalue weighted by molar-refractivity contribution is 5.58. The van der Waals surface area contributed by atoms with Crippen LogP contribution in [0.3, 0.4) is 0 Å². The van der Waals surface area contributed by atoms with E-state index in [4.69, 9.17) is 9.51 Å². The minimum absolute atomic E-state index is 0.359. The lowest BCUT2D eigenvalue weighted by molar-refractivity contribution is 0.386. The number of aryl methyl sites for hydroxylation is 1. The lowest BCUT2D eigenvalue weighted by Gasteiger charge is -2.26. The molecule has 1 saturated carbocycles. The van der Waals surface area contributed by atoms with Crippen LogP contribution >= 0.6 is 0 Å². The maximum Gasteiger partial charge on any atom is 0.261 e. The summed E-state index contributed by atoms with van der Waals surface area (Å²) < 4.78 is 7.28. The molecule has 4 aromatic rings. The van der Waals surface area contributed by atoms with E-state index in [1.165, 1.54) is 0 Å². The van der Waals surface area contributed by atoms with Crippen molar-refractivity contribution in [1.82, 2.24) is 34.9 Å². The summed E-state index contributed by atoms with van der Waals surface area (Å²) in [6.45, 7) is 2.17. The number of hydrogen-bond acceptors (Lipinski definition) is 8. The van der Waals surface area contributed by atoms with E-state index in [-0.39, 0.29) is 5.41 Å². The number of pyridine rings is 1. The Morgan fingerprint density at radius 3 is 2.47 bits per heavy atom. The summed E-state index contributed by atoms with van der Waals surface area (Å²) in [5, 5.41) is 11.4. The van der Waals surface area contributed by atoms with Crippen LogP contribution in [0.5, 0.6) is 0 Å². The van der Waals surface area contributed by atoms with Crippen molar-refractivity contribution in [3.05, 3.63) is 54.5 Å². The van der Waals surface area contributed by atoms with Crippen LogP contribution in [-0.4, -0.2) is 41.9 Å². The molecule has 1 fully saturated rings. The van der Waals surface area contributed by atoms with Gasteiger partial charge in [-0.25, -0.2) is 9.97 Å². The Hall–Kier alpha value is -3.62. The van der Waals surface area contributed by atoms with Crippen LogP contribution in [0.1, 0.15) is 31.2 Å². The summed E-state index contributed by atoms with van der Waals surface area (Å²) in [5.74, 6) is 2.21. The van der Waals surface area contributed by atoms with Gasteiger partial charge < -0.3 is 9.84 Å². The first-order valence-corrected chi connectivity index (χ1v) is 9.88. The SMILES string of the molecule is CNc1ncc(-c2ccc([C@@](C)(c3noc(-c4cnn(C)c4)n3)C3CC3)cn2)cn1. The van der Waals surface area contributed by atoms with Gasteiger partial charge in [0.1, 0.15) is 0 Å². The second kappa shape index (κ2) is 7.01. The van der Waals surface area contributed by atoms with Crippen LogP contribution in [0.2, 0.25) is 0 Å². The molecular formula is C21H22N8O. The summed E-state index contributed by atoms with van der Waals surface area (Å²) in [6.07, 6.45) is 11.3. The fourth-order valence-corrected chi connectivity index (χ4v) is 3.75. The fourth-order valence-electron chi connectivity index (χ4n) is 3.75. The highest BCUT2D eigenvalue weighted by Gasteiger charge is 2.47. The predicted octanol–water partition coefficient (Wildman–Crippen LogP) is 3.08. The van der Waals surface area contributed by atoms with E-state index in [0.29, 0.717) is 23.6 Å². The summed E-state index contributed by atoms with van der Waals surface area (Å²) in [4.78, 5) is 17.9. The molecule has 0 bridgehead atoms. The van der Waals surface area contributed by atoms with Crippen LogP contribution in [0.25, 0.3) is 22.7 Å². The molecule has 9 nitrogen and oxygen atoms in total. The lowest BCUT2D eigenvalue weighted by Crippen LogP contribution is -2.28. The Morgan fingerprint density at radius 1 is 1.07 bits per heavy atom. The Labute approximate surface area is 173 Å². The molecule has 1 N–H and O–H groups in total. The first-order chi connectivity index (χ1) is 14.6. The van der Waals surface area contributed by atoms with Gasteiger partial charge in [0.25, 0.3) is 5.89 Å². The zero-order chi connectivity index (χ0) is 20.7. The van der Waals surface area contributed by atoms with Crippen LogP contribution in [0, 0.1) is 5.92 Å². The van der Waals surface area contributed by atoms with Crippen molar-refractivity contribution < 1.29 is 4.52 Å². The van der Waals surface area contributed by atoms with E-state index in [9.17, 15) is 0 Å². The van der Waals surface area contributed by atoms with Crippen molar-refractivity contribution in [3.8, 4) is 22.7 Å². The quantitative estimate of drug-likeness (QED) is 0.524. The maximum atomic E-state index is 5.57. The molecular weight excluding hydrogens is 380 g/mol. The van der Waals surface area contributed by atoms with Crippen molar-refractivity contribution in [2.24, 2.45) is 13.0 Å². The van der Waals surface area contributed by atoms with Gasteiger partial charge in [-0.2, -0.15) is 10.1 Å². The second-order valence-corrected chi connectivity index (χ2v) is 7.78. The van der Waals surface area contributed by atoms with E-state index in [2.05, 4.69) is 43.5 Å². The van der Waals surface area contributed by atoms with E-state index in [1.54, 1.807) is 30.3 Å². The molecule has 4 heterocycles. The van der Waals surface area contributed by atoms with Crippen LogP contribution in [-0.2, 0) is 12.5 Å². The van der Waals surface area contributed by atoms with Gasteiger partial charge in [0.2, 0.25) is 5.95 Å². The number of nitrogens with one attached hydrogen (secondary N) is 1. The molecule has 0 aliphatic heterocycles. The molecule has 0 saturated heterocycles. The van der Waals surface area contributed by atoms with Gasteiger partial charge in [-0.3, -0.25) is 9.67 Å². The van der Waals surface area contributed by atoms with Gasteiger partial charge in [-0.15, -0.1) is 0 Å². The molecule has 30 heavy (non-hydrogen) atoms. The van der Waals surface area contributed by atoms with Gasteiger partial charge in [-0.05, 0) is 37.3 Å². The average molecular weight is 402 g/mol. The van der Waals surface area contributed by atoms with E-state index >= 15 is 0 Å². The van der Waals surface area contributed by atoms with Crippen molar-refractivity contribution in [1.29, 1.82) is 0 Å². The number of anilines is 1. The fraction of sp³-hybridized carbons (Fsp3) is 0.333. The van der Waals surface area contributed by atoms with Crippen molar-refractivity contribution >= 4 is 5.95 Å². The normalized spacial score (nSPS) is 15.7. The van der Waals surface area contributed by atoms with Crippen molar-refractivity contribution in [2.75, 3.05) is 12.4 Å². The third-order valence-electron chi connectivity index (χ3n) is 5.77. The number of aromatic nitrogens is 7. The molecule has 0 amide bonds. The Bertz CT molecular complexity index is 1160. The number of rotatable bonds is 6. The van der Waals surface area contributed by atoms with Gasteiger partial charge in [-0.1, -0.05) is 11.2 Å². The van der Waals surface area contributed by atoms with Gasteiger partial charge in [0, 0.05) is 44.4 Å². The van der Waals surface area contributed by atoms with Crippen LogP contribution in [0.4, 0.5) is 5.95 Å². The molecule has 0 aromatic carbocycles.